The van der Waals surface area contributed by atoms with E-state index in [9.17, 15) is 14.3 Å². The second-order valence-electron chi connectivity index (χ2n) is 6.60. The number of nitrogens with one attached hydrogen (secondary N) is 1. The van der Waals surface area contributed by atoms with Crippen LogP contribution in [0.4, 0.5) is 4.39 Å². The summed E-state index contributed by atoms with van der Waals surface area (Å²) in [5, 5.41) is 17.2. The first kappa shape index (κ1) is 17.1. The van der Waals surface area contributed by atoms with Crippen molar-refractivity contribution in [2.45, 2.75) is 45.4 Å². The highest BCUT2D eigenvalue weighted by Gasteiger charge is 2.21. The van der Waals surface area contributed by atoms with Crippen LogP contribution in [0.1, 0.15) is 49.7 Å². The third kappa shape index (κ3) is 4.16. The first-order valence-corrected chi connectivity index (χ1v) is 7.48. The third-order valence-electron chi connectivity index (χ3n) is 3.58. The maximum Gasteiger partial charge on any atom is 0.254 e. The molecule has 1 heterocycles. The molecule has 5 nitrogen and oxygen atoms in total. The molecule has 0 saturated carbocycles. The molecule has 2 rings (SSSR count). The van der Waals surface area contributed by atoms with Gasteiger partial charge in [0, 0.05) is 6.20 Å². The molecule has 0 aliphatic heterocycles. The maximum absolute atomic E-state index is 12.9. The average molecular weight is 319 g/mol. The minimum atomic E-state index is -0.919. The number of aliphatic hydroxyl groups is 1. The number of rotatable bonds is 4. The quantitative estimate of drug-likeness (QED) is 0.910. The largest absolute Gasteiger partial charge is 0.386 e. The van der Waals surface area contributed by atoms with Crippen LogP contribution < -0.4 is 5.32 Å². The van der Waals surface area contributed by atoms with Gasteiger partial charge in [-0.3, -0.25) is 9.48 Å². The Labute approximate surface area is 135 Å². The molecule has 0 bridgehead atoms. The monoisotopic (exact) mass is 319 g/mol. The van der Waals surface area contributed by atoms with Crippen molar-refractivity contribution in [2.24, 2.45) is 0 Å². The summed E-state index contributed by atoms with van der Waals surface area (Å²) in [6.45, 7) is 7.66. The number of hydrogen-bond donors (Lipinski definition) is 2. The number of aliphatic hydroxyl groups excluding tert-OH is 1. The van der Waals surface area contributed by atoms with Gasteiger partial charge in [-0.05, 0) is 45.4 Å². The normalized spacial score (nSPS) is 14.3. The lowest BCUT2D eigenvalue weighted by Gasteiger charge is -2.20. The highest BCUT2D eigenvalue weighted by Crippen LogP contribution is 2.18. The van der Waals surface area contributed by atoms with E-state index in [-0.39, 0.29) is 17.3 Å². The predicted octanol–water partition coefficient (Wildman–Crippen LogP) is 2.63. The molecule has 0 radical (unpaired) electrons. The van der Waals surface area contributed by atoms with Crippen molar-refractivity contribution in [1.29, 1.82) is 0 Å². The lowest BCUT2D eigenvalue weighted by atomic mass is 10.0. The van der Waals surface area contributed by atoms with Crippen molar-refractivity contribution in [3.05, 3.63) is 53.6 Å². The van der Waals surface area contributed by atoms with Crippen molar-refractivity contribution < 1.29 is 14.3 Å². The Morgan fingerprint density at radius 1 is 1.30 bits per heavy atom. The van der Waals surface area contributed by atoms with Gasteiger partial charge in [0.1, 0.15) is 5.82 Å². The van der Waals surface area contributed by atoms with E-state index in [1.54, 1.807) is 17.8 Å². The van der Waals surface area contributed by atoms with Crippen LogP contribution in [0.25, 0.3) is 0 Å². The number of carbonyl (C=O) groups excluding carboxylic acids is 1. The van der Waals surface area contributed by atoms with Crippen molar-refractivity contribution in [2.75, 3.05) is 0 Å². The van der Waals surface area contributed by atoms with E-state index < -0.39 is 12.1 Å². The van der Waals surface area contributed by atoms with Crippen molar-refractivity contribution in [3.63, 3.8) is 0 Å². The lowest BCUT2D eigenvalue weighted by molar-refractivity contribution is 0.0851. The van der Waals surface area contributed by atoms with Crippen LogP contribution in [-0.2, 0) is 5.54 Å². The van der Waals surface area contributed by atoms with Crippen LogP contribution in [0.5, 0.6) is 0 Å². The summed E-state index contributed by atoms with van der Waals surface area (Å²) in [4.78, 5) is 12.2. The minimum absolute atomic E-state index is 0.211. The van der Waals surface area contributed by atoms with Gasteiger partial charge in [0.25, 0.3) is 5.91 Å². The summed E-state index contributed by atoms with van der Waals surface area (Å²) in [5.74, 6) is -0.679. The Kier molecular flexibility index (Phi) is 4.85. The van der Waals surface area contributed by atoms with E-state index in [0.717, 1.165) is 0 Å². The second-order valence-corrected chi connectivity index (χ2v) is 6.60. The third-order valence-corrected chi connectivity index (χ3v) is 3.58. The van der Waals surface area contributed by atoms with Crippen LogP contribution in [0, 0.1) is 5.82 Å². The minimum Gasteiger partial charge on any atom is -0.386 e. The molecule has 2 unspecified atom stereocenters. The molecule has 1 amide bonds. The molecule has 0 saturated heterocycles. The molecular weight excluding hydrogens is 297 g/mol. The molecule has 0 spiro atoms. The zero-order valence-electron chi connectivity index (χ0n) is 13.7. The average Bonchev–Trinajstić information content (AvgIpc) is 2.97. The van der Waals surface area contributed by atoms with Gasteiger partial charge in [-0.25, -0.2) is 4.39 Å². The maximum atomic E-state index is 12.9. The number of hydrogen-bond acceptors (Lipinski definition) is 3. The number of amides is 1. The fourth-order valence-corrected chi connectivity index (χ4v) is 2.12. The Morgan fingerprint density at radius 2 is 1.91 bits per heavy atom. The van der Waals surface area contributed by atoms with Crippen molar-refractivity contribution in [1.82, 2.24) is 15.1 Å². The molecule has 0 aliphatic carbocycles. The van der Waals surface area contributed by atoms with Gasteiger partial charge >= 0.3 is 0 Å². The van der Waals surface area contributed by atoms with E-state index in [2.05, 4.69) is 10.4 Å². The fourth-order valence-electron chi connectivity index (χ4n) is 2.12. The Bertz CT molecular complexity index is 674. The second kappa shape index (κ2) is 6.50. The van der Waals surface area contributed by atoms with E-state index in [1.807, 2.05) is 20.8 Å². The lowest BCUT2D eigenvalue weighted by Crippen LogP contribution is -2.37. The van der Waals surface area contributed by atoms with E-state index in [0.29, 0.717) is 11.1 Å². The van der Waals surface area contributed by atoms with Gasteiger partial charge in [-0.2, -0.15) is 5.10 Å². The van der Waals surface area contributed by atoms with Gasteiger partial charge in [0.2, 0.25) is 0 Å². The van der Waals surface area contributed by atoms with Gasteiger partial charge in [-0.1, -0.05) is 12.1 Å². The molecule has 1 aromatic heterocycles. The summed E-state index contributed by atoms with van der Waals surface area (Å²) in [5.41, 5.74) is 0.764. The van der Waals surface area contributed by atoms with E-state index in [4.69, 9.17) is 0 Å². The zero-order valence-corrected chi connectivity index (χ0v) is 13.7. The molecule has 124 valence electrons. The first-order valence-electron chi connectivity index (χ1n) is 7.48. The molecular formula is C17H22FN3O2. The van der Waals surface area contributed by atoms with E-state index in [1.165, 1.54) is 30.5 Å². The summed E-state index contributed by atoms with van der Waals surface area (Å²) < 4.78 is 14.6. The molecule has 0 fully saturated rings. The summed E-state index contributed by atoms with van der Waals surface area (Å²) in [7, 11) is 0. The Morgan fingerprint density at radius 3 is 2.43 bits per heavy atom. The highest BCUT2D eigenvalue weighted by atomic mass is 19.1. The molecule has 23 heavy (non-hydrogen) atoms. The summed E-state index contributed by atoms with van der Waals surface area (Å²) in [6, 6.07) is 5.03. The smallest absolute Gasteiger partial charge is 0.254 e. The number of aromatic nitrogens is 2. The number of carbonyl (C=O) groups is 1. The number of halogens is 1. The highest BCUT2D eigenvalue weighted by molar-refractivity contribution is 5.93. The fraction of sp³-hybridized carbons (Fsp3) is 0.412. The van der Waals surface area contributed by atoms with Gasteiger partial charge in [0.15, 0.2) is 0 Å². The molecule has 2 atom stereocenters. The SMILES string of the molecule is CC(NC(=O)c1cnn(C(C)(C)C)c1)C(O)c1ccc(F)cc1. The van der Waals surface area contributed by atoms with Crippen LogP contribution in [0.3, 0.4) is 0 Å². The summed E-state index contributed by atoms with van der Waals surface area (Å²) in [6.07, 6.45) is 2.25. The van der Waals surface area contributed by atoms with Crippen LogP contribution in [0.2, 0.25) is 0 Å². The molecule has 1 aromatic carbocycles. The van der Waals surface area contributed by atoms with Crippen molar-refractivity contribution in [3.8, 4) is 0 Å². The predicted molar refractivity (Wildman–Crippen MR) is 85.5 cm³/mol. The molecule has 6 heteroatoms. The van der Waals surface area contributed by atoms with Gasteiger partial charge in [-0.15, -0.1) is 0 Å². The van der Waals surface area contributed by atoms with Gasteiger partial charge in [0.05, 0.1) is 29.4 Å². The van der Waals surface area contributed by atoms with Gasteiger partial charge < -0.3 is 10.4 Å². The van der Waals surface area contributed by atoms with Crippen LogP contribution in [0.15, 0.2) is 36.7 Å². The van der Waals surface area contributed by atoms with Crippen molar-refractivity contribution >= 4 is 5.91 Å². The molecule has 2 aromatic rings. The summed E-state index contributed by atoms with van der Waals surface area (Å²) >= 11 is 0. The Balaban J connectivity index is 2.04. The zero-order chi connectivity index (χ0) is 17.2. The number of nitrogens with zero attached hydrogens (tertiary/aromatic N) is 2. The van der Waals surface area contributed by atoms with Crippen LogP contribution >= 0.6 is 0 Å². The van der Waals surface area contributed by atoms with Crippen LogP contribution in [-0.4, -0.2) is 26.8 Å². The first-order chi connectivity index (χ1) is 10.7. The van der Waals surface area contributed by atoms with E-state index >= 15 is 0 Å². The molecule has 0 aliphatic rings. The Hall–Kier alpha value is -2.21. The number of benzene rings is 1. The standard InChI is InChI=1S/C17H22FN3O2/c1-11(15(22)12-5-7-14(18)8-6-12)20-16(23)13-9-19-21(10-13)17(2,3)4/h5-11,15,22H,1-4H3,(H,20,23). The molecule has 2 N–H and O–H groups in total. The topological polar surface area (TPSA) is 67.2 Å².